The molecule has 0 aromatic carbocycles. The van der Waals surface area contributed by atoms with Crippen molar-refractivity contribution in [1.29, 1.82) is 0 Å². The molecule has 1 fully saturated rings. The molecule has 0 radical (unpaired) electrons. The summed E-state index contributed by atoms with van der Waals surface area (Å²) < 4.78 is 5.19. The van der Waals surface area contributed by atoms with Crippen LogP contribution < -0.4 is 5.73 Å². The molecule has 0 bridgehead atoms. The van der Waals surface area contributed by atoms with E-state index in [0.717, 1.165) is 13.1 Å². The summed E-state index contributed by atoms with van der Waals surface area (Å²) in [5, 5.41) is 0. The predicted molar refractivity (Wildman–Crippen MR) is 69.7 cm³/mol. The third-order valence-corrected chi connectivity index (χ3v) is 4.24. The maximum absolute atomic E-state index is 5.89. The molecule has 3 unspecified atom stereocenters. The van der Waals surface area contributed by atoms with Crippen LogP contribution in [-0.4, -0.2) is 24.0 Å². The fraction of sp³-hybridized carbons (Fsp3) is 0.714. The van der Waals surface area contributed by atoms with Crippen molar-refractivity contribution in [1.82, 2.24) is 4.90 Å². The zero-order valence-corrected chi connectivity index (χ0v) is 10.9. The molecule has 1 aromatic rings. The minimum Gasteiger partial charge on any atom is -0.472 e. The molecule has 0 aliphatic heterocycles. The molecular formula is C14H24N2O. The summed E-state index contributed by atoms with van der Waals surface area (Å²) in [5.74, 6) is 0.671. The van der Waals surface area contributed by atoms with Gasteiger partial charge in [0, 0.05) is 17.6 Å². The van der Waals surface area contributed by atoms with Gasteiger partial charge in [-0.1, -0.05) is 13.3 Å². The van der Waals surface area contributed by atoms with Crippen LogP contribution >= 0.6 is 0 Å². The molecule has 3 nitrogen and oxygen atoms in total. The first-order chi connectivity index (χ1) is 8.27. The molecule has 3 atom stereocenters. The molecule has 17 heavy (non-hydrogen) atoms. The zero-order chi connectivity index (χ0) is 12.3. The van der Waals surface area contributed by atoms with Gasteiger partial charge in [0.15, 0.2) is 0 Å². The SMILES string of the molecule is CCN(C(C)c1ccoc1)C1CCCC1CN. The average Bonchev–Trinajstić information content (AvgIpc) is 3.01. The summed E-state index contributed by atoms with van der Waals surface area (Å²) in [6.45, 7) is 6.40. The second-order valence-electron chi connectivity index (χ2n) is 5.06. The molecule has 0 saturated heterocycles. The number of hydrogen-bond donors (Lipinski definition) is 1. The maximum Gasteiger partial charge on any atom is 0.0950 e. The number of hydrogen-bond acceptors (Lipinski definition) is 3. The van der Waals surface area contributed by atoms with Crippen molar-refractivity contribution in [3.05, 3.63) is 24.2 Å². The first kappa shape index (κ1) is 12.7. The van der Waals surface area contributed by atoms with Crippen LogP contribution in [0.25, 0.3) is 0 Å². The van der Waals surface area contributed by atoms with E-state index in [4.69, 9.17) is 10.2 Å². The van der Waals surface area contributed by atoms with Crippen LogP contribution in [0.3, 0.4) is 0 Å². The molecule has 0 amide bonds. The van der Waals surface area contributed by atoms with Crippen molar-refractivity contribution < 1.29 is 4.42 Å². The Morgan fingerprint density at radius 3 is 2.94 bits per heavy atom. The van der Waals surface area contributed by atoms with Gasteiger partial charge in [0.25, 0.3) is 0 Å². The Hall–Kier alpha value is -0.800. The van der Waals surface area contributed by atoms with Crippen molar-refractivity contribution in [3.63, 3.8) is 0 Å². The van der Waals surface area contributed by atoms with E-state index in [9.17, 15) is 0 Å². The second-order valence-corrected chi connectivity index (χ2v) is 5.06. The van der Waals surface area contributed by atoms with E-state index in [1.807, 2.05) is 6.26 Å². The van der Waals surface area contributed by atoms with Gasteiger partial charge in [0.05, 0.1) is 12.5 Å². The van der Waals surface area contributed by atoms with E-state index >= 15 is 0 Å². The van der Waals surface area contributed by atoms with Gasteiger partial charge in [-0.3, -0.25) is 4.90 Å². The lowest BCUT2D eigenvalue weighted by Gasteiger charge is -2.36. The van der Waals surface area contributed by atoms with Crippen LogP contribution in [0, 0.1) is 5.92 Å². The monoisotopic (exact) mass is 236 g/mol. The summed E-state index contributed by atoms with van der Waals surface area (Å²) in [6, 6.07) is 3.14. The molecule has 0 spiro atoms. The second kappa shape index (κ2) is 5.69. The van der Waals surface area contributed by atoms with E-state index in [2.05, 4.69) is 24.8 Å². The third kappa shape index (κ3) is 2.55. The van der Waals surface area contributed by atoms with Crippen LogP contribution in [0.15, 0.2) is 23.0 Å². The quantitative estimate of drug-likeness (QED) is 0.854. The van der Waals surface area contributed by atoms with Crippen LogP contribution in [0.2, 0.25) is 0 Å². The van der Waals surface area contributed by atoms with Crippen molar-refractivity contribution in [2.24, 2.45) is 11.7 Å². The normalized spacial score (nSPS) is 26.6. The average molecular weight is 236 g/mol. The van der Waals surface area contributed by atoms with Gasteiger partial charge < -0.3 is 10.2 Å². The maximum atomic E-state index is 5.89. The van der Waals surface area contributed by atoms with Gasteiger partial charge in [0.2, 0.25) is 0 Å². The minimum absolute atomic E-state index is 0.427. The first-order valence-electron chi connectivity index (χ1n) is 6.75. The molecule has 2 rings (SSSR count). The van der Waals surface area contributed by atoms with Crippen molar-refractivity contribution in [2.45, 2.75) is 45.2 Å². The van der Waals surface area contributed by atoms with E-state index in [1.165, 1.54) is 24.8 Å². The highest BCUT2D eigenvalue weighted by Crippen LogP contribution is 2.34. The zero-order valence-electron chi connectivity index (χ0n) is 10.9. The van der Waals surface area contributed by atoms with E-state index in [-0.39, 0.29) is 0 Å². The van der Waals surface area contributed by atoms with Gasteiger partial charge in [-0.2, -0.15) is 0 Å². The molecule has 1 aliphatic carbocycles. The summed E-state index contributed by atoms with van der Waals surface area (Å²) in [7, 11) is 0. The van der Waals surface area contributed by atoms with Gasteiger partial charge in [0.1, 0.15) is 0 Å². The highest BCUT2D eigenvalue weighted by Gasteiger charge is 2.33. The van der Waals surface area contributed by atoms with Crippen molar-refractivity contribution >= 4 is 0 Å². The molecule has 3 heteroatoms. The van der Waals surface area contributed by atoms with Crippen LogP contribution in [0.1, 0.15) is 44.7 Å². The lowest BCUT2D eigenvalue weighted by molar-refractivity contribution is 0.123. The van der Waals surface area contributed by atoms with Gasteiger partial charge >= 0.3 is 0 Å². The molecule has 2 N–H and O–H groups in total. The number of rotatable bonds is 5. The summed E-state index contributed by atoms with van der Waals surface area (Å²) in [6.07, 6.45) is 7.52. The molecule has 1 heterocycles. The Bertz CT molecular complexity index is 323. The largest absolute Gasteiger partial charge is 0.472 e. The topological polar surface area (TPSA) is 42.4 Å². The predicted octanol–water partition coefficient (Wildman–Crippen LogP) is 2.79. The summed E-state index contributed by atoms with van der Waals surface area (Å²) >= 11 is 0. The van der Waals surface area contributed by atoms with Gasteiger partial charge in [-0.25, -0.2) is 0 Å². The van der Waals surface area contributed by atoms with Crippen molar-refractivity contribution in [2.75, 3.05) is 13.1 Å². The van der Waals surface area contributed by atoms with Crippen molar-refractivity contribution in [3.8, 4) is 0 Å². The number of nitrogens with zero attached hydrogens (tertiary/aromatic N) is 1. The summed E-state index contributed by atoms with van der Waals surface area (Å²) in [4.78, 5) is 2.58. The number of furan rings is 1. The minimum atomic E-state index is 0.427. The lowest BCUT2D eigenvalue weighted by atomic mass is 9.99. The molecular weight excluding hydrogens is 212 g/mol. The Labute approximate surface area is 104 Å². The van der Waals surface area contributed by atoms with Gasteiger partial charge in [-0.15, -0.1) is 0 Å². The highest BCUT2D eigenvalue weighted by molar-refractivity contribution is 5.11. The Morgan fingerprint density at radius 1 is 1.53 bits per heavy atom. The third-order valence-electron chi connectivity index (χ3n) is 4.24. The van der Waals surface area contributed by atoms with Gasteiger partial charge in [-0.05, 0) is 44.8 Å². The Balaban J connectivity index is 2.10. The van der Waals surface area contributed by atoms with Crippen LogP contribution in [0.5, 0.6) is 0 Å². The molecule has 1 aliphatic rings. The number of nitrogens with two attached hydrogens (primary N) is 1. The molecule has 96 valence electrons. The standard InChI is InChI=1S/C14H24N2O/c1-3-16(11(2)13-7-8-17-10-13)14-6-4-5-12(14)9-15/h7-8,10-12,14H,3-6,9,15H2,1-2H3. The fourth-order valence-electron chi connectivity index (χ4n) is 3.23. The van der Waals surface area contributed by atoms with E-state index < -0.39 is 0 Å². The fourth-order valence-corrected chi connectivity index (χ4v) is 3.23. The highest BCUT2D eigenvalue weighted by atomic mass is 16.3. The summed E-state index contributed by atoms with van der Waals surface area (Å²) in [5.41, 5.74) is 7.16. The lowest BCUT2D eigenvalue weighted by Crippen LogP contribution is -2.41. The Morgan fingerprint density at radius 2 is 2.35 bits per heavy atom. The molecule has 1 aromatic heterocycles. The van der Waals surface area contributed by atoms with E-state index in [0.29, 0.717) is 18.0 Å². The van der Waals surface area contributed by atoms with E-state index in [1.54, 1.807) is 6.26 Å². The smallest absolute Gasteiger partial charge is 0.0950 e. The van der Waals surface area contributed by atoms with Crippen LogP contribution in [-0.2, 0) is 0 Å². The Kier molecular flexibility index (Phi) is 4.24. The van der Waals surface area contributed by atoms with Crippen LogP contribution in [0.4, 0.5) is 0 Å². The first-order valence-corrected chi connectivity index (χ1v) is 6.75. The molecule has 1 saturated carbocycles.